The normalized spacial score (nSPS) is 19.8. The molecule has 23 heavy (non-hydrogen) atoms. The van der Waals surface area contributed by atoms with Crippen LogP contribution in [0.4, 0.5) is 0 Å². The lowest BCUT2D eigenvalue weighted by Crippen LogP contribution is -2.42. The van der Waals surface area contributed by atoms with Gasteiger partial charge in [-0.2, -0.15) is 0 Å². The van der Waals surface area contributed by atoms with Gasteiger partial charge in [0.25, 0.3) is 0 Å². The van der Waals surface area contributed by atoms with E-state index in [1.165, 1.54) is 21.9 Å². The van der Waals surface area contributed by atoms with E-state index in [2.05, 4.69) is 4.98 Å². The van der Waals surface area contributed by atoms with Gasteiger partial charge in [-0.15, -0.1) is 11.3 Å². The Hall–Kier alpha value is -1.51. The van der Waals surface area contributed by atoms with Gasteiger partial charge in [-0.3, -0.25) is 4.79 Å². The summed E-state index contributed by atoms with van der Waals surface area (Å²) < 4.78 is 30.9. The largest absolute Gasteiger partial charge is 0.458 e. The molecule has 2 heterocycles. The summed E-state index contributed by atoms with van der Waals surface area (Å²) in [5, 5.41) is 0.746. The van der Waals surface area contributed by atoms with Crippen molar-refractivity contribution in [3.05, 3.63) is 29.3 Å². The summed E-state index contributed by atoms with van der Waals surface area (Å²) in [4.78, 5) is 16.6. The molecular weight excluding hydrogens is 336 g/mol. The van der Waals surface area contributed by atoms with Gasteiger partial charge >= 0.3 is 5.97 Å². The Balaban J connectivity index is 1.60. The number of rotatable bonds is 4. The lowest BCUT2D eigenvalue weighted by molar-refractivity contribution is -0.151. The highest BCUT2D eigenvalue weighted by Gasteiger charge is 2.31. The minimum Gasteiger partial charge on any atom is -0.458 e. The number of hydrogen-bond donors (Lipinski definition) is 0. The third kappa shape index (κ3) is 3.88. The van der Waals surface area contributed by atoms with Crippen LogP contribution in [0.1, 0.15) is 17.8 Å². The van der Waals surface area contributed by atoms with E-state index in [-0.39, 0.29) is 19.1 Å². The molecular formula is C15H18N2O4S2. The van der Waals surface area contributed by atoms with Gasteiger partial charge in [0.2, 0.25) is 10.0 Å². The highest BCUT2D eigenvalue weighted by Crippen LogP contribution is 2.24. The van der Waals surface area contributed by atoms with Gasteiger partial charge in [-0.05, 0) is 25.0 Å². The van der Waals surface area contributed by atoms with Crippen molar-refractivity contribution in [3.8, 4) is 0 Å². The molecule has 1 aromatic carbocycles. The number of thiazole rings is 1. The van der Waals surface area contributed by atoms with E-state index in [4.69, 9.17) is 4.74 Å². The van der Waals surface area contributed by atoms with Gasteiger partial charge in [-0.25, -0.2) is 17.7 Å². The van der Waals surface area contributed by atoms with Crippen molar-refractivity contribution in [2.75, 3.05) is 19.3 Å². The minimum atomic E-state index is -3.26. The maximum absolute atomic E-state index is 12.2. The molecule has 124 valence electrons. The van der Waals surface area contributed by atoms with Crippen molar-refractivity contribution >= 4 is 37.5 Å². The number of ether oxygens (including phenoxy) is 1. The standard InChI is InChI=1S/C15H18N2O4S2/c1-23(19,20)17-8-4-5-11(9-17)15(18)21-10-14-16-12-6-2-3-7-13(12)22-14/h2-3,6-7,11H,4-5,8-10H2,1H3. The summed E-state index contributed by atoms with van der Waals surface area (Å²) in [6.07, 6.45) is 2.50. The first-order chi connectivity index (χ1) is 10.9. The summed E-state index contributed by atoms with van der Waals surface area (Å²) in [5.74, 6) is -0.745. The van der Waals surface area contributed by atoms with Crippen LogP contribution in [0.3, 0.4) is 0 Å². The molecule has 0 spiro atoms. The first-order valence-electron chi connectivity index (χ1n) is 7.40. The lowest BCUT2D eigenvalue weighted by atomic mass is 10.0. The molecule has 0 N–H and O–H groups in total. The Labute approximate surface area is 139 Å². The molecule has 1 saturated heterocycles. The molecule has 8 heteroatoms. The van der Waals surface area contributed by atoms with Crippen molar-refractivity contribution in [1.29, 1.82) is 0 Å². The Bertz CT molecular complexity index is 783. The molecule has 6 nitrogen and oxygen atoms in total. The predicted octanol–water partition coefficient (Wildman–Crippen LogP) is 2.01. The van der Waals surface area contributed by atoms with E-state index in [9.17, 15) is 13.2 Å². The maximum atomic E-state index is 12.2. The molecule has 0 aliphatic carbocycles. The number of sulfonamides is 1. The van der Waals surface area contributed by atoms with E-state index in [1.54, 1.807) is 0 Å². The number of piperidine rings is 1. The zero-order valence-electron chi connectivity index (χ0n) is 12.8. The van der Waals surface area contributed by atoms with Crippen LogP contribution >= 0.6 is 11.3 Å². The van der Waals surface area contributed by atoms with Gasteiger partial charge in [0.1, 0.15) is 11.6 Å². The second-order valence-corrected chi connectivity index (χ2v) is 8.74. The monoisotopic (exact) mass is 354 g/mol. The second-order valence-electron chi connectivity index (χ2n) is 5.64. The molecule has 1 aromatic heterocycles. The molecule has 2 aromatic rings. The number of carbonyl (C=O) groups excluding carboxylic acids is 1. The summed E-state index contributed by atoms with van der Waals surface area (Å²) in [7, 11) is -3.26. The van der Waals surface area contributed by atoms with Gasteiger partial charge in [0, 0.05) is 13.1 Å². The topological polar surface area (TPSA) is 76.6 Å². The third-order valence-corrected chi connectivity index (χ3v) is 6.14. The molecule has 1 aliphatic heterocycles. The molecule has 0 saturated carbocycles. The van der Waals surface area contributed by atoms with E-state index in [0.29, 0.717) is 19.4 Å². The number of fused-ring (bicyclic) bond motifs is 1. The Morgan fingerprint density at radius 2 is 2.22 bits per heavy atom. The Morgan fingerprint density at radius 1 is 1.43 bits per heavy atom. The smallest absolute Gasteiger partial charge is 0.310 e. The van der Waals surface area contributed by atoms with Gasteiger partial charge in [0.15, 0.2) is 0 Å². The number of para-hydroxylation sites is 1. The van der Waals surface area contributed by atoms with E-state index >= 15 is 0 Å². The van der Waals surface area contributed by atoms with E-state index in [0.717, 1.165) is 15.2 Å². The molecule has 0 bridgehead atoms. The number of hydrogen-bond acceptors (Lipinski definition) is 6. The van der Waals surface area contributed by atoms with E-state index < -0.39 is 15.9 Å². The zero-order chi connectivity index (χ0) is 16.4. The van der Waals surface area contributed by atoms with Crippen molar-refractivity contribution in [2.24, 2.45) is 5.92 Å². The number of carbonyl (C=O) groups is 1. The highest BCUT2D eigenvalue weighted by atomic mass is 32.2. The average molecular weight is 354 g/mol. The number of esters is 1. The van der Waals surface area contributed by atoms with Crippen LogP contribution in [0.15, 0.2) is 24.3 Å². The van der Waals surface area contributed by atoms with Gasteiger partial charge in [0.05, 0.1) is 22.4 Å². The maximum Gasteiger partial charge on any atom is 0.310 e. The molecule has 0 radical (unpaired) electrons. The predicted molar refractivity (Wildman–Crippen MR) is 88.6 cm³/mol. The first kappa shape index (κ1) is 16.4. The summed E-state index contributed by atoms with van der Waals surface area (Å²) >= 11 is 1.50. The van der Waals surface area contributed by atoms with Gasteiger partial charge < -0.3 is 4.74 Å². The van der Waals surface area contributed by atoms with Crippen molar-refractivity contribution in [2.45, 2.75) is 19.4 Å². The summed E-state index contributed by atoms with van der Waals surface area (Å²) in [6.45, 7) is 0.811. The molecule has 0 amide bonds. The number of benzene rings is 1. The fraction of sp³-hybridized carbons (Fsp3) is 0.467. The summed E-state index contributed by atoms with van der Waals surface area (Å²) in [5.41, 5.74) is 0.893. The minimum absolute atomic E-state index is 0.132. The van der Waals surface area contributed by atoms with Crippen LogP contribution in [0, 0.1) is 5.92 Å². The third-order valence-electron chi connectivity index (χ3n) is 3.86. The Kier molecular flexibility index (Phi) is 4.65. The second kappa shape index (κ2) is 6.54. The molecule has 3 rings (SSSR count). The van der Waals surface area contributed by atoms with Crippen LogP contribution in [0.25, 0.3) is 10.2 Å². The Morgan fingerprint density at radius 3 is 2.96 bits per heavy atom. The van der Waals surface area contributed by atoms with Crippen molar-refractivity contribution in [3.63, 3.8) is 0 Å². The lowest BCUT2D eigenvalue weighted by Gasteiger charge is -2.29. The highest BCUT2D eigenvalue weighted by molar-refractivity contribution is 7.88. The van der Waals surface area contributed by atoms with E-state index in [1.807, 2.05) is 24.3 Å². The quantitative estimate of drug-likeness (QED) is 0.785. The number of nitrogens with zero attached hydrogens (tertiary/aromatic N) is 2. The fourth-order valence-electron chi connectivity index (χ4n) is 2.67. The van der Waals surface area contributed by atoms with Crippen LogP contribution in [0.5, 0.6) is 0 Å². The molecule has 1 fully saturated rings. The van der Waals surface area contributed by atoms with Crippen LogP contribution in [0.2, 0.25) is 0 Å². The average Bonchev–Trinajstić information content (AvgIpc) is 2.95. The van der Waals surface area contributed by atoms with Crippen molar-refractivity contribution < 1.29 is 17.9 Å². The first-order valence-corrected chi connectivity index (χ1v) is 10.1. The molecule has 1 aliphatic rings. The number of aromatic nitrogens is 1. The zero-order valence-corrected chi connectivity index (χ0v) is 14.4. The van der Waals surface area contributed by atoms with Gasteiger partial charge in [-0.1, -0.05) is 12.1 Å². The SMILES string of the molecule is CS(=O)(=O)N1CCCC(C(=O)OCc2nc3ccccc3s2)C1. The van der Waals surface area contributed by atoms with Crippen LogP contribution in [-0.4, -0.2) is 43.0 Å². The molecule has 1 atom stereocenters. The van der Waals surface area contributed by atoms with Crippen LogP contribution in [-0.2, 0) is 26.2 Å². The van der Waals surface area contributed by atoms with Crippen LogP contribution < -0.4 is 0 Å². The fourth-order valence-corrected chi connectivity index (χ4v) is 4.46. The van der Waals surface area contributed by atoms with Crippen molar-refractivity contribution in [1.82, 2.24) is 9.29 Å². The summed E-state index contributed by atoms with van der Waals surface area (Å²) in [6, 6.07) is 7.75. The molecule has 1 unspecified atom stereocenters.